The summed E-state index contributed by atoms with van der Waals surface area (Å²) in [6, 6.07) is 3.15. The Bertz CT molecular complexity index is 905. The second kappa shape index (κ2) is 8.13. The Hall–Kier alpha value is -2.82. The van der Waals surface area contributed by atoms with E-state index in [1.165, 1.54) is 11.6 Å². The first-order valence-electron chi connectivity index (χ1n) is 9.93. The lowest BCUT2D eigenvalue weighted by Crippen LogP contribution is -2.55. The van der Waals surface area contributed by atoms with E-state index in [0.717, 1.165) is 0 Å². The molecule has 0 aromatic carbocycles. The number of halogens is 2. The number of aliphatic hydroxyl groups is 1. The third kappa shape index (κ3) is 4.66. The number of anilines is 1. The van der Waals surface area contributed by atoms with Gasteiger partial charge >= 0.3 is 0 Å². The summed E-state index contributed by atoms with van der Waals surface area (Å²) >= 11 is 0. The number of nitrogens with one attached hydrogen (secondary N) is 1. The number of alkyl halides is 2. The Kier molecular flexibility index (Phi) is 5.54. The summed E-state index contributed by atoms with van der Waals surface area (Å²) in [5, 5.41) is 16.7. The fourth-order valence-corrected chi connectivity index (χ4v) is 3.54. The monoisotopic (exact) mass is 422 g/mol. The highest BCUT2D eigenvalue weighted by Gasteiger charge is 2.35. The number of likely N-dealkylation sites (tertiary alicyclic amines) is 1. The summed E-state index contributed by atoms with van der Waals surface area (Å²) in [5.74, 6) is -1.63. The molecule has 9 nitrogen and oxygen atoms in total. The largest absolute Gasteiger partial charge is 0.470 e. The Morgan fingerprint density at radius 3 is 2.70 bits per heavy atom. The number of hydrogen-bond donors (Lipinski definition) is 2. The molecule has 0 unspecified atom stereocenters. The standard InChI is InChI=1S/C19H24F2N6O3/c1-12(29)26-9-15(10-26)30-17-8-16(22-13-2-5-19(20,21)6-3-13)23-18(24-17)27-7-4-14(11-28)25-27/h4,7-8,13,15,28H,2-3,5-6,9-11H2,1H3,(H,22,23,24). The second-order valence-electron chi connectivity index (χ2n) is 7.74. The van der Waals surface area contributed by atoms with Crippen LogP contribution in [-0.2, 0) is 11.4 Å². The average molecular weight is 422 g/mol. The fraction of sp³-hybridized carbons (Fsp3) is 0.579. The van der Waals surface area contributed by atoms with Crippen LogP contribution in [0.2, 0.25) is 0 Å². The lowest BCUT2D eigenvalue weighted by molar-refractivity contribution is -0.137. The fourth-order valence-electron chi connectivity index (χ4n) is 3.54. The maximum absolute atomic E-state index is 13.4. The van der Waals surface area contributed by atoms with Crippen LogP contribution in [0.25, 0.3) is 5.95 Å². The van der Waals surface area contributed by atoms with Gasteiger partial charge < -0.3 is 20.1 Å². The number of hydrogen-bond acceptors (Lipinski definition) is 7. The molecule has 3 heterocycles. The minimum absolute atomic E-state index is 0.0113. The molecule has 2 N–H and O–H groups in total. The van der Waals surface area contributed by atoms with Crippen LogP contribution in [0.3, 0.4) is 0 Å². The number of ether oxygens (including phenoxy) is 1. The molecule has 30 heavy (non-hydrogen) atoms. The van der Waals surface area contributed by atoms with E-state index in [-0.39, 0.29) is 43.4 Å². The van der Waals surface area contributed by atoms with Gasteiger partial charge in [0.15, 0.2) is 0 Å². The van der Waals surface area contributed by atoms with Crippen molar-refractivity contribution in [2.24, 2.45) is 0 Å². The van der Waals surface area contributed by atoms with Crippen LogP contribution in [0.4, 0.5) is 14.6 Å². The molecule has 162 valence electrons. The first-order chi connectivity index (χ1) is 14.3. The Morgan fingerprint density at radius 1 is 1.33 bits per heavy atom. The van der Waals surface area contributed by atoms with Crippen molar-refractivity contribution < 1.29 is 23.4 Å². The quantitative estimate of drug-likeness (QED) is 0.731. The lowest BCUT2D eigenvalue weighted by Gasteiger charge is -2.38. The van der Waals surface area contributed by atoms with Gasteiger partial charge in [-0.3, -0.25) is 4.79 Å². The number of aromatic nitrogens is 4. The molecule has 1 saturated carbocycles. The SMILES string of the molecule is CC(=O)N1CC(Oc2cc(NC3CCC(F)(F)CC3)nc(-n3ccc(CO)n3)n2)C1. The minimum Gasteiger partial charge on any atom is -0.470 e. The highest BCUT2D eigenvalue weighted by atomic mass is 19.3. The lowest BCUT2D eigenvalue weighted by atomic mass is 9.92. The smallest absolute Gasteiger partial charge is 0.255 e. The first-order valence-corrected chi connectivity index (χ1v) is 9.93. The first kappa shape index (κ1) is 20.5. The van der Waals surface area contributed by atoms with Gasteiger partial charge in [-0.1, -0.05) is 0 Å². The highest BCUT2D eigenvalue weighted by Crippen LogP contribution is 2.34. The second-order valence-corrected chi connectivity index (χ2v) is 7.74. The maximum atomic E-state index is 13.4. The van der Waals surface area contributed by atoms with Crippen LogP contribution < -0.4 is 10.1 Å². The molecule has 0 bridgehead atoms. The van der Waals surface area contributed by atoms with Gasteiger partial charge in [0.2, 0.25) is 17.7 Å². The molecule has 0 radical (unpaired) electrons. The molecule has 2 aromatic heterocycles. The van der Waals surface area contributed by atoms with Crippen LogP contribution in [-0.4, -0.2) is 66.8 Å². The van der Waals surface area contributed by atoms with E-state index in [2.05, 4.69) is 20.4 Å². The van der Waals surface area contributed by atoms with Gasteiger partial charge in [0.1, 0.15) is 11.9 Å². The third-order valence-electron chi connectivity index (χ3n) is 5.35. The van der Waals surface area contributed by atoms with Gasteiger partial charge in [-0.05, 0) is 18.9 Å². The zero-order valence-electron chi connectivity index (χ0n) is 16.6. The molecule has 2 aliphatic rings. The maximum Gasteiger partial charge on any atom is 0.255 e. The van der Waals surface area contributed by atoms with Crippen LogP contribution in [0.5, 0.6) is 5.88 Å². The van der Waals surface area contributed by atoms with Crippen molar-refractivity contribution in [2.75, 3.05) is 18.4 Å². The van der Waals surface area contributed by atoms with Crippen LogP contribution >= 0.6 is 0 Å². The topological polar surface area (TPSA) is 105 Å². The van der Waals surface area contributed by atoms with Crippen molar-refractivity contribution in [3.8, 4) is 11.8 Å². The van der Waals surface area contributed by atoms with Crippen molar-refractivity contribution in [2.45, 2.75) is 57.3 Å². The average Bonchev–Trinajstić information content (AvgIpc) is 3.15. The number of nitrogens with zero attached hydrogens (tertiary/aromatic N) is 5. The third-order valence-corrected chi connectivity index (χ3v) is 5.35. The van der Waals surface area contributed by atoms with Gasteiger partial charge in [-0.15, -0.1) is 0 Å². The summed E-state index contributed by atoms with van der Waals surface area (Å²) in [6.45, 7) is 2.25. The van der Waals surface area contributed by atoms with Gasteiger partial charge in [-0.25, -0.2) is 13.5 Å². The molecule has 2 fully saturated rings. The molecule has 2 aromatic rings. The highest BCUT2D eigenvalue weighted by molar-refractivity contribution is 5.74. The van der Waals surface area contributed by atoms with E-state index >= 15 is 0 Å². The van der Waals surface area contributed by atoms with E-state index in [4.69, 9.17) is 4.74 Å². The van der Waals surface area contributed by atoms with Crippen LogP contribution in [0.15, 0.2) is 18.3 Å². The zero-order valence-corrected chi connectivity index (χ0v) is 16.6. The molecular formula is C19H24F2N6O3. The normalized spacial score (nSPS) is 19.4. The predicted molar refractivity (Wildman–Crippen MR) is 103 cm³/mol. The zero-order chi connectivity index (χ0) is 21.3. The van der Waals surface area contributed by atoms with E-state index in [0.29, 0.717) is 43.3 Å². The van der Waals surface area contributed by atoms with Crippen LogP contribution in [0, 0.1) is 0 Å². The van der Waals surface area contributed by atoms with E-state index in [1.807, 2.05) is 0 Å². The molecule has 4 rings (SSSR count). The molecule has 0 spiro atoms. The summed E-state index contributed by atoms with van der Waals surface area (Å²) in [6.07, 6.45) is 1.81. The van der Waals surface area contributed by atoms with Crippen molar-refractivity contribution in [3.05, 3.63) is 24.0 Å². The van der Waals surface area contributed by atoms with Gasteiger partial charge in [0.05, 0.1) is 25.4 Å². The van der Waals surface area contributed by atoms with Crippen molar-refractivity contribution in [3.63, 3.8) is 0 Å². The van der Waals surface area contributed by atoms with Gasteiger partial charge in [0.25, 0.3) is 5.95 Å². The predicted octanol–water partition coefficient (Wildman–Crippen LogP) is 1.75. The molecule has 11 heteroatoms. The number of carbonyl (C=O) groups is 1. The molecule has 1 aliphatic heterocycles. The molecule has 1 amide bonds. The number of amides is 1. The summed E-state index contributed by atoms with van der Waals surface area (Å²) in [5.41, 5.74) is 0.463. The van der Waals surface area contributed by atoms with E-state index < -0.39 is 5.92 Å². The molecule has 0 atom stereocenters. The Balaban J connectivity index is 1.52. The van der Waals surface area contributed by atoms with E-state index in [9.17, 15) is 18.7 Å². The minimum atomic E-state index is -2.61. The Labute approximate surface area is 172 Å². The molecule has 1 aliphatic carbocycles. The van der Waals surface area contributed by atoms with Crippen molar-refractivity contribution >= 4 is 11.7 Å². The van der Waals surface area contributed by atoms with Crippen molar-refractivity contribution in [1.29, 1.82) is 0 Å². The van der Waals surface area contributed by atoms with E-state index in [1.54, 1.807) is 23.2 Å². The summed E-state index contributed by atoms with van der Waals surface area (Å²) in [4.78, 5) is 21.8. The molecule has 1 saturated heterocycles. The number of rotatable bonds is 6. The molecular weight excluding hydrogens is 398 g/mol. The number of aliphatic hydroxyl groups excluding tert-OH is 1. The number of carbonyl (C=O) groups excluding carboxylic acids is 1. The van der Waals surface area contributed by atoms with Gasteiger partial charge in [0, 0.05) is 38.1 Å². The van der Waals surface area contributed by atoms with Crippen LogP contribution in [0.1, 0.15) is 38.3 Å². The Morgan fingerprint density at radius 2 is 2.07 bits per heavy atom. The summed E-state index contributed by atoms with van der Waals surface area (Å²) in [7, 11) is 0. The van der Waals surface area contributed by atoms with Gasteiger partial charge in [-0.2, -0.15) is 15.1 Å². The van der Waals surface area contributed by atoms with Crippen molar-refractivity contribution in [1.82, 2.24) is 24.6 Å². The summed E-state index contributed by atoms with van der Waals surface area (Å²) < 4.78 is 34.2.